The van der Waals surface area contributed by atoms with Crippen molar-refractivity contribution in [2.45, 2.75) is 39.3 Å². The minimum Gasteiger partial charge on any atom is -0.481 e. The SMILES string of the molecule is Cc1ccc(CNC(C)CCC(=O)O)cn1. The highest BCUT2D eigenvalue weighted by molar-refractivity contribution is 5.66. The van der Waals surface area contributed by atoms with Crippen molar-refractivity contribution in [3.8, 4) is 0 Å². The highest BCUT2D eigenvalue weighted by atomic mass is 16.4. The van der Waals surface area contributed by atoms with Gasteiger partial charge in [-0.05, 0) is 31.9 Å². The third-order valence-corrected chi connectivity index (χ3v) is 2.42. The second-order valence-corrected chi connectivity index (χ2v) is 4.02. The fraction of sp³-hybridized carbons (Fsp3) is 0.500. The number of hydrogen-bond acceptors (Lipinski definition) is 3. The summed E-state index contributed by atoms with van der Waals surface area (Å²) in [5.74, 6) is -0.745. The first-order valence-electron chi connectivity index (χ1n) is 5.44. The molecule has 1 aromatic heterocycles. The van der Waals surface area contributed by atoms with Crippen LogP contribution < -0.4 is 5.32 Å². The number of pyridine rings is 1. The van der Waals surface area contributed by atoms with E-state index in [1.165, 1.54) is 0 Å². The van der Waals surface area contributed by atoms with E-state index in [2.05, 4.69) is 10.3 Å². The Hall–Kier alpha value is -1.42. The molecule has 4 heteroatoms. The zero-order valence-electron chi connectivity index (χ0n) is 9.73. The van der Waals surface area contributed by atoms with Crippen molar-refractivity contribution in [3.63, 3.8) is 0 Å². The van der Waals surface area contributed by atoms with Gasteiger partial charge in [0.2, 0.25) is 0 Å². The summed E-state index contributed by atoms with van der Waals surface area (Å²) < 4.78 is 0. The summed E-state index contributed by atoms with van der Waals surface area (Å²) in [6.07, 6.45) is 2.70. The first-order valence-corrected chi connectivity index (χ1v) is 5.44. The maximum absolute atomic E-state index is 10.4. The molecule has 1 atom stereocenters. The number of hydrogen-bond donors (Lipinski definition) is 2. The number of rotatable bonds is 6. The van der Waals surface area contributed by atoms with Crippen molar-refractivity contribution < 1.29 is 9.90 Å². The van der Waals surface area contributed by atoms with Crippen molar-refractivity contribution in [1.29, 1.82) is 0 Å². The number of aryl methyl sites for hydroxylation is 1. The summed E-state index contributed by atoms with van der Waals surface area (Å²) >= 11 is 0. The monoisotopic (exact) mass is 222 g/mol. The van der Waals surface area contributed by atoms with Gasteiger partial charge in [0.25, 0.3) is 0 Å². The molecule has 0 aliphatic carbocycles. The Bertz CT molecular complexity index is 335. The molecule has 1 unspecified atom stereocenters. The smallest absolute Gasteiger partial charge is 0.303 e. The van der Waals surface area contributed by atoms with Gasteiger partial charge in [-0.1, -0.05) is 6.07 Å². The van der Waals surface area contributed by atoms with Gasteiger partial charge in [0.15, 0.2) is 0 Å². The zero-order valence-corrected chi connectivity index (χ0v) is 9.73. The molecule has 0 aliphatic heterocycles. The second kappa shape index (κ2) is 6.23. The molecule has 88 valence electrons. The number of carbonyl (C=O) groups is 1. The van der Waals surface area contributed by atoms with Gasteiger partial charge in [-0.25, -0.2) is 0 Å². The third-order valence-electron chi connectivity index (χ3n) is 2.42. The maximum atomic E-state index is 10.4. The third kappa shape index (κ3) is 4.89. The van der Waals surface area contributed by atoms with Crippen molar-refractivity contribution in [2.75, 3.05) is 0 Å². The molecule has 1 heterocycles. The molecule has 0 spiro atoms. The predicted octanol–water partition coefficient (Wildman–Crippen LogP) is 1.73. The van der Waals surface area contributed by atoms with E-state index in [1.807, 2.05) is 32.2 Å². The van der Waals surface area contributed by atoms with Gasteiger partial charge in [-0.2, -0.15) is 0 Å². The molecule has 16 heavy (non-hydrogen) atoms. The first kappa shape index (κ1) is 12.6. The van der Waals surface area contributed by atoms with E-state index in [9.17, 15) is 4.79 Å². The molecule has 0 radical (unpaired) electrons. The zero-order chi connectivity index (χ0) is 12.0. The molecule has 1 rings (SSSR count). The topological polar surface area (TPSA) is 62.2 Å². The quantitative estimate of drug-likeness (QED) is 0.769. The molecule has 0 aliphatic rings. The number of carboxylic acids is 1. The highest BCUT2D eigenvalue weighted by Crippen LogP contribution is 2.01. The van der Waals surface area contributed by atoms with Gasteiger partial charge >= 0.3 is 5.97 Å². The first-order chi connectivity index (χ1) is 7.58. The number of nitrogens with one attached hydrogen (secondary N) is 1. The number of carboxylic acid groups (broad SMARTS) is 1. The van der Waals surface area contributed by atoms with Crippen molar-refractivity contribution in [3.05, 3.63) is 29.6 Å². The standard InChI is InChI=1S/C12H18N2O2/c1-9-3-5-11(7-13-9)8-14-10(2)4-6-12(15)16/h3,5,7,10,14H,4,6,8H2,1-2H3,(H,15,16). The molecule has 1 aromatic rings. The van der Waals surface area contributed by atoms with Gasteiger partial charge in [0.1, 0.15) is 0 Å². The number of aromatic nitrogens is 1. The van der Waals surface area contributed by atoms with E-state index in [-0.39, 0.29) is 12.5 Å². The Morgan fingerprint density at radius 3 is 2.88 bits per heavy atom. The van der Waals surface area contributed by atoms with Crippen molar-refractivity contribution in [1.82, 2.24) is 10.3 Å². The molecule has 0 bridgehead atoms. The lowest BCUT2D eigenvalue weighted by atomic mass is 10.1. The Balaban J connectivity index is 2.28. The van der Waals surface area contributed by atoms with Gasteiger partial charge in [0.05, 0.1) is 0 Å². The summed E-state index contributed by atoms with van der Waals surface area (Å²) in [4.78, 5) is 14.6. The van der Waals surface area contributed by atoms with Crippen LogP contribution in [-0.2, 0) is 11.3 Å². The Morgan fingerprint density at radius 1 is 1.56 bits per heavy atom. The molecule has 0 fully saturated rings. The normalized spacial score (nSPS) is 12.4. The molecule has 0 aromatic carbocycles. The van der Waals surface area contributed by atoms with Crippen LogP contribution in [0.3, 0.4) is 0 Å². The lowest BCUT2D eigenvalue weighted by Gasteiger charge is -2.12. The summed E-state index contributed by atoms with van der Waals surface area (Å²) in [6, 6.07) is 4.20. The predicted molar refractivity (Wildman–Crippen MR) is 62.1 cm³/mol. The second-order valence-electron chi connectivity index (χ2n) is 4.02. The van der Waals surface area contributed by atoms with Crippen LogP contribution in [0.5, 0.6) is 0 Å². The summed E-state index contributed by atoms with van der Waals surface area (Å²) in [7, 11) is 0. The van der Waals surface area contributed by atoms with E-state index in [4.69, 9.17) is 5.11 Å². The van der Waals surface area contributed by atoms with Gasteiger partial charge in [0, 0.05) is 30.9 Å². The Morgan fingerprint density at radius 2 is 2.31 bits per heavy atom. The van der Waals surface area contributed by atoms with E-state index >= 15 is 0 Å². The maximum Gasteiger partial charge on any atom is 0.303 e. The van der Waals surface area contributed by atoms with Crippen LogP contribution in [0.2, 0.25) is 0 Å². The van der Waals surface area contributed by atoms with Gasteiger partial charge < -0.3 is 10.4 Å². The lowest BCUT2D eigenvalue weighted by Crippen LogP contribution is -2.26. The van der Waals surface area contributed by atoms with Crippen molar-refractivity contribution in [2.24, 2.45) is 0 Å². The van der Waals surface area contributed by atoms with Crippen LogP contribution in [0.1, 0.15) is 31.0 Å². The molecule has 2 N–H and O–H groups in total. The summed E-state index contributed by atoms with van der Waals surface area (Å²) in [5, 5.41) is 11.8. The van der Waals surface area contributed by atoms with Crippen LogP contribution in [0, 0.1) is 6.92 Å². The van der Waals surface area contributed by atoms with E-state index in [0.717, 1.165) is 17.8 Å². The van der Waals surface area contributed by atoms with Crippen LogP contribution >= 0.6 is 0 Å². The molecule has 0 amide bonds. The fourth-order valence-corrected chi connectivity index (χ4v) is 1.34. The molecule has 4 nitrogen and oxygen atoms in total. The molecule has 0 saturated carbocycles. The highest BCUT2D eigenvalue weighted by Gasteiger charge is 2.04. The lowest BCUT2D eigenvalue weighted by molar-refractivity contribution is -0.137. The van der Waals surface area contributed by atoms with Crippen molar-refractivity contribution >= 4 is 5.97 Å². The van der Waals surface area contributed by atoms with E-state index in [1.54, 1.807) is 0 Å². The Labute approximate surface area is 95.7 Å². The largest absolute Gasteiger partial charge is 0.481 e. The minimum absolute atomic E-state index is 0.206. The van der Waals surface area contributed by atoms with Crippen LogP contribution in [0.25, 0.3) is 0 Å². The van der Waals surface area contributed by atoms with Crippen LogP contribution in [-0.4, -0.2) is 22.1 Å². The molecular weight excluding hydrogens is 204 g/mol. The molecule has 0 saturated heterocycles. The van der Waals surface area contributed by atoms with Crippen LogP contribution in [0.15, 0.2) is 18.3 Å². The fourth-order valence-electron chi connectivity index (χ4n) is 1.34. The average molecular weight is 222 g/mol. The molecular formula is C12H18N2O2. The van der Waals surface area contributed by atoms with Gasteiger partial charge in [-0.15, -0.1) is 0 Å². The minimum atomic E-state index is -0.745. The number of aliphatic carboxylic acids is 1. The number of nitrogens with zero attached hydrogens (tertiary/aromatic N) is 1. The average Bonchev–Trinajstić information content (AvgIpc) is 2.25. The summed E-state index contributed by atoms with van der Waals surface area (Å²) in [6.45, 7) is 4.67. The Kier molecular flexibility index (Phi) is 4.92. The van der Waals surface area contributed by atoms with Crippen LogP contribution in [0.4, 0.5) is 0 Å². The van der Waals surface area contributed by atoms with Gasteiger partial charge in [-0.3, -0.25) is 9.78 Å². The summed E-state index contributed by atoms with van der Waals surface area (Å²) in [5.41, 5.74) is 2.12. The van der Waals surface area contributed by atoms with E-state index in [0.29, 0.717) is 6.42 Å². The van der Waals surface area contributed by atoms with E-state index < -0.39 is 5.97 Å².